The van der Waals surface area contributed by atoms with E-state index in [0.717, 1.165) is 48.3 Å². The fraction of sp³-hybridized carbons (Fsp3) is 0.304. The molecule has 1 amide bonds. The van der Waals surface area contributed by atoms with Crippen LogP contribution in [0.15, 0.2) is 52.4 Å². The van der Waals surface area contributed by atoms with E-state index in [2.05, 4.69) is 10.2 Å². The molecular weight excluding hydrogens is 410 g/mol. The van der Waals surface area contributed by atoms with Gasteiger partial charge in [-0.2, -0.15) is 0 Å². The highest BCUT2D eigenvalue weighted by Crippen LogP contribution is 2.25. The number of thioether (sulfide) groups is 1. The van der Waals surface area contributed by atoms with Gasteiger partial charge in [0.1, 0.15) is 0 Å². The number of nitrogens with zero attached hydrogens (tertiary/aromatic N) is 5. The number of fused-ring (bicyclic) bond motifs is 3. The lowest BCUT2D eigenvalue weighted by Gasteiger charge is -2.15. The lowest BCUT2D eigenvalue weighted by atomic mass is 10.1. The average Bonchev–Trinajstić information content (AvgIpc) is 3.44. The minimum Gasteiger partial charge on any atom is -0.342 e. The Labute approximate surface area is 183 Å². The van der Waals surface area contributed by atoms with E-state index >= 15 is 0 Å². The summed E-state index contributed by atoms with van der Waals surface area (Å²) in [6, 6.07) is 13.4. The number of likely N-dealkylation sites (tertiary alicyclic amines) is 1. The first-order valence-electron chi connectivity index (χ1n) is 10.4. The Bertz CT molecular complexity index is 1370. The van der Waals surface area contributed by atoms with Gasteiger partial charge in [-0.25, -0.2) is 4.57 Å². The average molecular weight is 434 g/mol. The Kier molecular flexibility index (Phi) is 5.02. The summed E-state index contributed by atoms with van der Waals surface area (Å²) in [4.78, 5) is 27.9. The van der Waals surface area contributed by atoms with Crippen LogP contribution in [0.5, 0.6) is 0 Å². The van der Waals surface area contributed by atoms with Crippen LogP contribution in [0.2, 0.25) is 0 Å². The van der Waals surface area contributed by atoms with Gasteiger partial charge in [-0.3, -0.25) is 14.0 Å². The van der Waals surface area contributed by atoms with E-state index in [1.807, 2.05) is 65.6 Å². The zero-order valence-corrected chi connectivity index (χ0v) is 18.4. The van der Waals surface area contributed by atoms with Gasteiger partial charge in [0.05, 0.1) is 22.3 Å². The third kappa shape index (κ3) is 3.40. The minimum absolute atomic E-state index is 0.117. The van der Waals surface area contributed by atoms with Crippen LogP contribution >= 0.6 is 11.8 Å². The van der Waals surface area contributed by atoms with E-state index in [0.29, 0.717) is 22.1 Å². The topological polar surface area (TPSA) is 72.5 Å². The second kappa shape index (κ2) is 7.85. The lowest BCUT2D eigenvalue weighted by Crippen LogP contribution is -2.29. The molecule has 8 heteroatoms. The number of hydrogen-bond acceptors (Lipinski definition) is 5. The van der Waals surface area contributed by atoms with Gasteiger partial charge in [0, 0.05) is 13.1 Å². The molecule has 0 aliphatic carbocycles. The first-order chi connectivity index (χ1) is 15.0. The van der Waals surface area contributed by atoms with Crippen LogP contribution in [-0.2, 0) is 4.79 Å². The maximum atomic E-state index is 13.4. The SMILES string of the molecule is Cc1ccc(-n2c(=O)c3ccccc3n3c(SCC(=O)N4CCCC4)nnc23)c(C)c1. The highest BCUT2D eigenvalue weighted by molar-refractivity contribution is 7.99. The van der Waals surface area contributed by atoms with Crippen molar-refractivity contribution in [3.8, 4) is 5.69 Å². The predicted octanol–water partition coefficient (Wildman–Crippen LogP) is 3.36. The van der Waals surface area contributed by atoms with Crippen molar-refractivity contribution in [1.29, 1.82) is 0 Å². The van der Waals surface area contributed by atoms with E-state index in [9.17, 15) is 9.59 Å². The molecule has 0 radical (unpaired) electrons. The number of carbonyl (C=O) groups is 1. The predicted molar refractivity (Wildman–Crippen MR) is 122 cm³/mol. The van der Waals surface area contributed by atoms with Crippen LogP contribution in [-0.4, -0.2) is 48.8 Å². The molecular formula is C23H23N5O2S. The maximum Gasteiger partial charge on any atom is 0.267 e. The molecule has 4 aromatic rings. The summed E-state index contributed by atoms with van der Waals surface area (Å²) >= 11 is 1.37. The molecule has 0 bridgehead atoms. The molecule has 1 aliphatic rings. The summed E-state index contributed by atoms with van der Waals surface area (Å²) in [6.45, 7) is 5.67. The van der Waals surface area contributed by atoms with Crippen molar-refractivity contribution < 1.29 is 4.79 Å². The van der Waals surface area contributed by atoms with Crippen molar-refractivity contribution in [1.82, 2.24) is 24.1 Å². The largest absolute Gasteiger partial charge is 0.342 e. The Morgan fingerprint density at radius 1 is 1.06 bits per heavy atom. The van der Waals surface area contributed by atoms with Crippen molar-refractivity contribution >= 4 is 34.3 Å². The van der Waals surface area contributed by atoms with Gasteiger partial charge in [0.2, 0.25) is 11.7 Å². The van der Waals surface area contributed by atoms with E-state index in [1.165, 1.54) is 11.8 Å². The molecule has 2 aromatic carbocycles. The van der Waals surface area contributed by atoms with Gasteiger partial charge in [0.25, 0.3) is 5.56 Å². The molecule has 1 aliphatic heterocycles. The first kappa shape index (κ1) is 19.8. The maximum absolute atomic E-state index is 13.4. The van der Waals surface area contributed by atoms with Gasteiger partial charge in [0.15, 0.2) is 5.16 Å². The van der Waals surface area contributed by atoms with Crippen molar-refractivity contribution in [2.45, 2.75) is 31.8 Å². The number of rotatable bonds is 4. The summed E-state index contributed by atoms with van der Waals surface area (Å²) in [7, 11) is 0. The third-order valence-corrected chi connectivity index (χ3v) is 6.69. The number of benzene rings is 2. The third-order valence-electron chi connectivity index (χ3n) is 5.77. The molecule has 0 spiro atoms. The van der Waals surface area contributed by atoms with Gasteiger partial charge in [-0.1, -0.05) is 41.6 Å². The molecule has 31 heavy (non-hydrogen) atoms. The summed E-state index contributed by atoms with van der Waals surface area (Å²) in [6.07, 6.45) is 2.13. The molecule has 0 N–H and O–H groups in total. The molecule has 3 heterocycles. The van der Waals surface area contributed by atoms with Crippen molar-refractivity contribution in [2.75, 3.05) is 18.8 Å². The molecule has 0 atom stereocenters. The number of hydrogen-bond donors (Lipinski definition) is 0. The van der Waals surface area contributed by atoms with Crippen LogP contribution in [0.3, 0.4) is 0 Å². The smallest absolute Gasteiger partial charge is 0.267 e. The van der Waals surface area contributed by atoms with Crippen LogP contribution in [0, 0.1) is 13.8 Å². The van der Waals surface area contributed by atoms with Crippen LogP contribution < -0.4 is 5.56 Å². The van der Waals surface area contributed by atoms with Gasteiger partial charge in [-0.15, -0.1) is 10.2 Å². The molecule has 7 nitrogen and oxygen atoms in total. The summed E-state index contributed by atoms with van der Waals surface area (Å²) in [5.74, 6) is 0.871. The quantitative estimate of drug-likeness (QED) is 0.462. The monoisotopic (exact) mass is 433 g/mol. The highest BCUT2D eigenvalue weighted by atomic mass is 32.2. The Morgan fingerprint density at radius 3 is 2.61 bits per heavy atom. The highest BCUT2D eigenvalue weighted by Gasteiger charge is 2.22. The van der Waals surface area contributed by atoms with Crippen molar-refractivity contribution in [3.05, 3.63) is 63.9 Å². The number of aromatic nitrogens is 4. The molecule has 2 aromatic heterocycles. The van der Waals surface area contributed by atoms with Crippen LogP contribution in [0.1, 0.15) is 24.0 Å². The van der Waals surface area contributed by atoms with Gasteiger partial charge in [-0.05, 0) is 50.5 Å². The van der Waals surface area contributed by atoms with Gasteiger partial charge < -0.3 is 4.90 Å². The number of amides is 1. The van der Waals surface area contributed by atoms with Crippen LogP contribution in [0.4, 0.5) is 0 Å². The van der Waals surface area contributed by atoms with Crippen molar-refractivity contribution in [2.24, 2.45) is 0 Å². The molecule has 0 unspecified atom stereocenters. The van der Waals surface area contributed by atoms with Crippen molar-refractivity contribution in [3.63, 3.8) is 0 Å². The normalized spacial score (nSPS) is 14.1. The van der Waals surface area contributed by atoms with E-state index in [-0.39, 0.29) is 11.5 Å². The van der Waals surface area contributed by atoms with E-state index < -0.39 is 0 Å². The number of para-hydroxylation sites is 1. The van der Waals surface area contributed by atoms with E-state index in [1.54, 1.807) is 4.57 Å². The van der Waals surface area contributed by atoms with Gasteiger partial charge >= 0.3 is 0 Å². The fourth-order valence-corrected chi connectivity index (χ4v) is 5.07. The summed E-state index contributed by atoms with van der Waals surface area (Å²) < 4.78 is 3.51. The summed E-state index contributed by atoms with van der Waals surface area (Å²) in [5.41, 5.74) is 3.50. The Balaban J connectivity index is 1.67. The standard InChI is InChI=1S/C23H23N5O2S/c1-15-9-10-18(16(2)13-15)27-21(30)17-7-3-4-8-19(17)28-22(27)24-25-23(28)31-14-20(29)26-11-5-6-12-26/h3-4,7-10,13H,5-6,11-12,14H2,1-2H3. The first-order valence-corrected chi connectivity index (χ1v) is 11.4. The second-order valence-electron chi connectivity index (χ2n) is 7.94. The Morgan fingerprint density at radius 2 is 1.84 bits per heavy atom. The Hall–Kier alpha value is -3.13. The lowest BCUT2D eigenvalue weighted by molar-refractivity contribution is -0.127. The molecule has 1 fully saturated rings. The fourth-order valence-electron chi connectivity index (χ4n) is 4.23. The zero-order chi connectivity index (χ0) is 21.5. The zero-order valence-electron chi connectivity index (χ0n) is 17.5. The molecule has 1 saturated heterocycles. The summed E-state index contributed by atoms with van der Waals surface area (Å²) in [5, 5.41) is 9.93. The molecule has 158 valence electrons. The number of aryl methyl sites for hydroxylation is 2. The molecule has 5 rings (SSSR count). The minimum atomic E-state index is -0.132. The van der Waals surface area contributed by atoms with E-state index in [4.69, 9.17) is 0 Å². The van der Waals surface area contributed by atoms with Crippen LogP contribution in [0.25, 0.3) is 22.4 Å². The second-order valence-corrected chi connectivity index (χ2v) is 8.88. The molecule has 0 saturated carbocycles. The number of carbonyl (C=O) groups excluding carboxylic acids is 1.